The van der Waals surface area contributed by atoms with Crippen molar-refractivity contribution in [3.05, 3.63) is 152 Å². The maximum atomic E-state index is 14.4. The maximum absolute atomic E-state index is 14.4. The Bertz CT molecular complexity index is 1570. The van der Waals surface area contributed by atoms with Crippen LogP contribution in [0.25, 0.3) is 12.2 Å². The van der Waals surface area contributed by atoms with E-state index in [1.807, 2.05) is 0 Å². The molecule has 0 N–H and O–H groups in total. The van der Waals surface area contributed by atoms with Gasteiger partial charge in [-0.1, -0.05) is 105 Å². The van der Waals surface area contributed by atoms with Crippen LogP contribution >= 0.6 is 31.9 Å². The second-order valence-electron chi connectivity index (χ2n) is 9.49. The summed E-state index contributed by atoms with van der Waals surface area (Å²) in [5, 5.41) is -2.89. The Hall–Kier alpha value is -3.15. The molecule has 0 aromatic heterocycles. The number of rotatable bonds is 8. The van der Waals surface area contributed by atoms with E-state index in [9.17, 15) is 34.8 Å². The summed E-state index contributed by atoms with van der Waals surface area (Å²) in [6.07, 6.45) is -3.45. The zero-order valence-electron chi connectivity index (χ0n) is 22.0. The minimum absolute atomic E-state index is 0.0651. The highest BCUT2D eigenvalue weighted by molar-refractivity contribution is 9.10. The molecule has 4 rings (SSSR count). The molecular weight excluding hydrogens is 722 g/mol. The van der Waals surface area contributed by atoms with Crippen LogP contribution in [0, 0.1) is 0 Å². The molecule has 0 fully saturated rings. The van der Waals surface area contributed by atoms with E-state index in [4.69, 9.17) is 0 Å². The van der Waals surface area contributed by atoms with Crippen molar-refractivity contribution >= 4 is 53.8 Å². The first-order valence-corrected chi connectivity index (χ1v) is 15.8. The van der Waals surface area contributed by atoms with Gasteiger partial charge in [0.15, 0.2) is 9.84 Å². The van der Waals surface area contributed by atoms with Crippen molar-refractivity contribution in [1.29, 1.82) is 0 Å². The topological polar surface area (TPSA) is 34.1 Å². The number of sulfone groups is 1. The average molecular weight is 744 g/mol. The van der Waals surface area contributed by atoms with E-state index in [0.717, 1.165) is 57.5 Å². The van der Waals surface area contributed by atoms with Gasteiger partial charge in [0.25, 0.3) is 0 Å². The maximum Gasteiger partial charge on any atom is 0.416 e. The Morgan fingerprint density at radius 1 is 0.512 bits per heavy atom. The summed E-state index contributed by atoms with van der Waals surface area (Å²) in [6, 6.07) is 21.4. The fraction of sp³-hybridized carbons (Fsp3) is 0.125. The van der Waals surface area contributed by atoms with Crippen LogP contribution in [0.1, 0.15) is 43.9 Å². The van der Waals surface area contributed by atoms with E-state index in [1.54, 1.807) is 48.5 Å². The molecule has 0 bridgehead atoms. The van der Waals surface area contributed by atoms with Crippen molar-refractivity contribution in [2.45, 2.75) is 22.9 Å². The summed E-state index contributed by atoms with van der Waals surface area (Å²) in [6.45, 7) is 0. The molecule has 0 saturated heterocycles. The summed E-state index contributed by atoms with van der Waals surface area (Å²) >= 11 is 6.65. The van der Waals surface area contributed by atoms with Crippen LogP contribution in [0.2, 0.25) is 0 Å². The Morgan fingerprint density at radius 2 is 0.814 bits per heavy atom. The molecule has 0 aliphatic heterocycles. The van der Waals surface area contributed by atoms with Crippen molar-refractivity contribution in [2.75, 3.05) is 0 Å². The van der Waals surface area contributed by atoms with Gasteiger partial charge in [-0.3, -0.25) is 0 Å². The first-order chi connectivity index (χ1) is 20.1. The lowest BCUT2D eigenvalue weighted by Crippen LogP contribution is -2.19. The number of hydrogen-bond donors (Lipinski definition) is 0. The van der Waals surface area contributed by atoms with E-state index in [0.29, 0.717) is 11.1 Å². The molecule has 4 aromatic carbocycles. The van der Waals surface area contributed by atoms with Gasteiger partial charge in [0.05, 0.1) is 11.1 Å². The molecule has 11 heteroatoms. The summed E-state index contributed by atoms with van der Waals surface area (Å²) in [5.41, 5.74) is -0.498. The molecule has 2 nitrogen and oxygen atoms in total. The predicted molar refractivity (Wildman–Crippen MR) is 164 cm³/mol. The van der Waals surface area contributed by atoms with Crippen molar-refractivity contribution in [3.63, 3.8) is 0 Å². The van der Waals surface area contributed by atoms with Gasteiger partial charge in [-0.2, -0.15) is 26.3 Å². The Labute approximate surface area is 261 Å². The molecule has 2 unspecified atom stereocenters. The quantitative estimate of drug-likeness (QED) is 0.168. The molecule has 0 aliphatic rings. The lowest BCUT2D eigenvalue weighted by molar-refractivity contribution is -0.138. The average Bonchev–Trinajstić information content (AvgIpc) is 2.94. The molecule has 0 aliphatic carbocycles. The molecule has 0 radical (unpaired) electrons. The molecule has 0 amide bonds. The number of alkyl halides is 6. The highest BCUT2D eigenvalue weighted by Crippen LogP contribution is 2.39. The fourth-order valence-electron chi connectivity index (χ4n) is 4.25. The third-order valence-corrected chi connectivity index (χ3v) is 9.84. The van der Waals surface area contributed by atoms with Gasteiger partial charge >= 0.3 is 12.4 Å². The van der Waals surface area contributed by atoms with Gasteiger partial charge in [0, 0.05) is 8.95 Å². The van der Waals surface area contributed by atoms with Gasteiger partial charge in [-0.15, -0.1) is 0 Å². The summed E-state index contributed by atoms with van der Waals surface area (Å²) in [4.78, 5) is 0. The van der Waals surface area contributed by atoms with E-state index in [-0.39, 0.29) is 11.1 Å². The van der Waals surface area contributed by atoms with E-state index in [1.165, 1.54) is 24.3 Å². The lowest BCUT2D eigenvalue weighted by Gasteiger charge is -2.22. The molecule has 2 atom stereocenters. The van der Waals surface area contributed by atoms with E-state index < -0.39 is 43.8 Å². The van der Waals surface area contributed by atoms with Crippen LogP contribution in [0.5, 0.6) is 0 Å². The zero-order valence-corrected chi connectivity index (χ0v) is 25.9. The smallest absolute Gasteiger partial charge is 0.227 e. The first kappa shape index (κ1) is 32.8. The fourth-order valence-corrected chi connectivity index (χ4v) is 6.76. The molecule has 224 valence electrons. The minimum Gasteiger partial charge on any atom is -0.227 e. The summed E-state index contributed by atoms with van der Waals surface area (Å²) in [7, 11) is -4.38. The Kier molecular flexibility index (Phi) is 10.1. The first-order valence-electron chi connectivity index (χ1n) is 12.6. The van der Waals surface area contributed by atoms with Crippen LogP contribution in [0.3, 0.4) is 0 Å². The summed E-state index contributed by atoms with van der Waals surface area (Å²) < 4.78 is 110. The van der Waals surface area contributed by atoms with Crippen molar-refractivity contribution in [1.82, 2.24) is 0 Å². The van der Waals surface area contributed by atoms with Crippen LogP contribution in [0.15, 0.2) is 118 Å². The standard InChI is InChI=1S/C32H22Br2F6O2S/c33-27-15-1-21(2-16-27)5-19-29(23-7-11-25(12-8-23)31(35,36)37)43(41,42)30(20-6-22-3-17-28(34)18-4-22)24-9-13-26(14-10-24)32(38,39)40/h1-20,29-30H/b19-5+,20-6+. The third kappa shape index (κ3) is 8.49. The normalized spacial score (nSPS) is 14.3. The van der Waals surface area contributed by atoms with Crippen molar-refractivity contribution < 1.29 is 34.8 Å². The highest BCUT2D eigenvalue weighted by atomic mass is 79.9. The predicted octanol–water partition coefficient (Wildman–Crippen LogP) is 10.9. The molecular formula is C32H22Br2F6O2S. The summed E-state index contributed by atoms with van der Waals surface area (Å²) in [5.74, 6) is 0. The zero-order chi connectivity index (χ0) is 31.4. The van der Waals surface area contributed by atoms with Crippen LogP contribution in [-0.2, 0) is 22.2 Å². The molecule has 0 spiro atoms. The molecule has 0 heterocycles. The van der Waals surface area contributed by atoms with Gasteiger partial charge < -0.3 is 0 Å². The van der Waals surface area contributed by atoms with E-state index in [2.05, 4.69) is 31.9 Å². The second kappa shape index (κ2) is 13.2. The van der Waals surface area contributed by atoms with Gasteiger partial charge in [0.2, 0.25) is 0 Å². The van der Waals surface area contributed by atoms with Gasteiger partial charge in [0.1, 0.15) is 10.5 Å². The third-order valence-electron chi connectivity index (χ3n) is 6.51. The second-order valence-corrected chi connectivity index (χ2v) is 13.5. The lowest BCUT2D eigenvalue weighted by atomic mass is 10.1. The Morgan fingerprint density at radius 3 is 1.09 bits per heavy atom. The van der Waals surface area contributed by atoms with Crippen LogP contribution in [0.4, 0.5) is 26.3 Å². The molecule has 4 aromatic rings. The van der Waals surface area contributed by atoms with Crippen LogP contribution in [-0.4, -0.2) is 8.42 Å². The molecule has 0 saturated carbocycles. The van der Waals surface area contributed by atoms with Gasteiger partial charge in [-0.05, 0) is 70.8 Å². The SMILES string of the molecule is O=S(=O)(C(/C=C/c1ccc(Br)cc1)c1ccc(C(F)(F)F)cc1)C(/C=C/c1ccc(Br)cc1)c1ccc(C(F)(F)F)cc1. The van der Waals surface area contributed by atoms with Crippen LogP contribution < -0.4 is 0 Å². The number of hydrogen-bond acceptors (Lipinski definition) is 2. The largest absolute Gasteiger partial charge is 0.416 e. The Balaban J connectivity index is 1.85. The minimum atomic E-state index is -4.63. The number of halogens is 8. The van der Waals surface area contributed by atoms with E-state index >= 15 is 0 Å². The van der Waals surface area contributed by atoms with Crippen molar-refractivity contribution in [3.8, 4) is 0 Å². The monoisotopic (exact) mass is 742 g/mol. The number of benzene rings is 4. The highest BCUT2D eigenvalue weighted by Gasteiger charge is 2.36. The van der Waals surface area contributed by atoms with Gasteiger partial charge in [-0.25, -0.2) is 8.42 Å². The van der Waals surface area contributed by atoms with Crippen molar-refractivity contribution in [2.24, 2.45) is 0 Å². The molecule has 43 heavy (non-hydrogen) atoms.